The highest BCUT2D eigenvalue weighted by atomic mass is 32.2. The highest BCUT2D eigenvalue weighted by Crippen LogP contribution is 2.27. The molecular weight excluding hydrogens is 358 g/mol. The van der Waals surface area contributed by atoms with Gasteiger partial charge in [0.25, 0.3) is 0 Å². The molecule has 1 amide bonds. The van der Waals surface area contributed by atoms with E-state index >= 15 is 0 Å². The Labute approximate surface area is 163 Å². The van der Waals surface area contributed by atoms with E-state index in [4.69, 9.17) is 0 Å². The number of aromatic nitrogens is 4. The van der Waals surface area contributed by atoms with Crippen LogP contribution in [0.1, 0.15) is 23.6 Å². The third kappa shape index (κ3) is 4.19. The number of nitrogens with zero attached hydrogens (tertiary/aromatic N) is 4. The molecule has 3 rings (SSSR count). The van der Waals surface area contributed by atoms with Crippen LogP contribution in [-0.2, 0) is 11.3 Å². The standard InChI is InChI=1S/C20H23N5OS/c1-5-25-19(18-15(4)14(3)13(2)11-21-18)23-24-20(25)27-12-17(26)22-16-9-7-6-8-10-16/h6-11H,5,12H2,1-4H3,(H,22,26). The first-order valence-electron chi connectivity index (χ1n) is 8.85. The third-order valence-corrected chi connectivity index (χ3v) is 5.50. The Morgan fingerprint density at radius 1 is 1.11 bits per heavy atom. The average Bonchev–Trinajstić information content (AvgIpc) is 3.08. The van der Waals surface area contributed by atoms with Crippen molar-refractivity contribution in [1.29, 1.82) is 0 Å². The van der Waals surface area contributed by atoms with Gasteiger partial charge in [0.05, 0.1) is 5.75 Å². The Balaban J connectivity index is 1.76. The molecule has 0 bridgehead atoms. The molecule has 0 aliphatic heterocycles. The summed E-state index contributed by atoms with van der Waals surface area (Å²) in [5.41, 5.74) is 5.10. The van der Waals surface area contributed by atoms with Crippen molar-refractivity contribution in [3.05, 3.63) is 53.2 Å². The van der Waals surface area contributed by atoms with Crippen LogP contribution in [0, 0.1) is 20.8 Å². The Morgan fingerprint density at radius 3 is 2.56 bits per heavy atom. The molecule has 2 heterocycles. The first kappa shape index (κ1) is 19.1. The van der Waals surface area contributed by atoms with E-state index in [1.54, 1.807) is 0 Å². The first-order valence-corrected chi connectivity index (χ1v) is 9.84. The largest absolute Gasteiger partial charge is 0.325 e. The van der Waals surface area contributed by atoms with E-state index in [0.29, 0.717) is 6.54 Å². The van der Waals surface area contributed by atoms with Crippen molar-refractivity contribution in [2.45, 2.75) is 39.4 Å². The van der Waals surface area contributed by atoms with Crippen molar-refractivity contribution in [3.8, 4) is 11.5 Å². The summed E-state index contributed by atoms with van der Waals surface area (Å²) in [6, 6.07) is 9.43. The number of carbonyl (C=O) groups is 1. The average molecular weight is 382 g/mol. The lowest BCUT2D eigenvalue weighted by Gasteiger charge is -2.11. The second-order valence-electron chi connectivity index (χ2n) is 6.29. The molecule has 1 aromatic carbocycles. The molecule has 7 heteroatoms. The molecule has 27 heavy (non-hydrogen) atoms. The highest BCUT2D eigenvalue weighted by molar-refractivity contribution is 7.99. The summed E-state index contributed by atoms with van der Waals surface area (Å²) in [7, 11) is 0. The summed E-state index contributed by atoms with van der Waals surface area (Å²) < 4.78 is 2.00. The number of carbonyl (C=O) groups excluding carboxylic acids is 1. The van der Waals surface area contributed by atoms with Crippen LogP contribution in [0.3, 0.4) is 0 Å². The van der Waals surface area contributed by atoms with Gasteiger partial charge in [-0.05, 0) is 56.5 Å². The van der Waals surface area contributed by atoms with Gasteiger partial charge in [0.2, 0.25) is 5.91 Å². The van der Waals surface area contributed by atoms with Gasteiger partial charge < -0.3 is 9.88 Å². The Morgan fingerprint density at radius 2 is 1.85 bits per heavy atom. The normalized spacial score (nSPS) is 10.8. The van der Waals surface area contributed by atoms with Crippen LogP contribution in [-0.4, -0.2) is 31.4 Å². The monoisotopic (exact) mass is 381 g/mol. The number of hydrogen-bond donors (Lipinski definition) is 1. The SMILES string of the molecule is CCn1c(SCC(=O)Nc2ccccc2)nnc1-c1ncc(C)c(C)c1C. The first-order chi connectivity index (χ1) is 13.0. The molecule has 0 saturated heterocycles. The Kier molecular flexibility index (Phi) is 5.91. The van der Waals surface area contributed by atoms with Gasteiger partial charge >= 0.3 is 0 Å². The van der Waals surface area contributed by atoms with Crippen molar-refractivity contribution in [1.82, 2.24) is 19.7 Å². The van der Waals surface area contributed by atoms with Crippen LogP contribution in [0.2, 0.25) is 0 Å². The molecule has 0 fully saturated rings. The zero-order valence-electron chi connectivity index (χ0n) is 16.0. The van der Waals surface area contributed by atoms with E-state index < -0.39 is 0 Å². The molecule has 6 nitrogen and oxygen atoms in total. The lowest BCUT2D eigenvalue weighted by molar-refractivity contribution is -0.113. The molecule has 0 unspecified atom stereocenters. The van der Waals surface area contributed by atoms with Gasteiger partial charge in [0.15, 0.2) is 11.0 Å². The molecule has 3 aromatic rings. The number of pyridine rings is 1. The Bertz CT molecular complexity index is 953. The molecule has 1 N–H and O–H groups in total. The maximum Gasteiger partial charge on any atom is 0.234 e. The minimum atomic E-state index is -0.0705. The fourth-order valence-electron chi connectivity index (χ4n) is 2.76. The van der Waals surface area contributed by atoms with Gasteiger partial charge in [-0.15, -0.1) is 10.2 Å². The molecule has 0 saturated carbocycles. The number of amides is 1. The molecule has 0 radical (unpaired) electrons. The number of aryl methyl sites for hydroxylation is 1. The number of thioether (sulfide) groups is 1. The lowest BCUT2D eigenvalue weighted by Crippen LogP contribution is -2.14. The minimum Gasteiger partial charge on any atom is -0.325 e. The topological polar surface area (TPSA) is 72.7 Å². The van der Waals surface area contributed by atoms with E-state index in [2.05, 4.69) is 41.3 Å². The van der Waals surface area contributed by atoms with E-state index in [1.807, 2.05) is 48.0 Å². The number of hydrogen-bond acceptors (Lipinski definition) is 5. The molecule has 140 valence electrons. The van der Waals surface area contributed by atoms with E-state index in [-0.39, 0.29) is 11.7 Å². The van der Waals surface area contributed by atoms with Crippen molar-refractivity contribution in [2.24, 2.45) is 0 Å². The summed E-state index contributed by atoms with van der Waals surface area (Å²) >= 11 is 1.38. The van der Waals surface area contributed by atoms with Crippen molar-refractivity contribution < 1.29 is 4.79 Å². The summed E-state index contributed by atoms with van der Waals surface area (Å²) in [4.78, 5) is 16.8. The Hall–Kier alpha value is -2.67. The summed E-state index contributed by atoms with van der Waals surface area (Å²) in [5, 5.41) is 12.2. The van der Waals surface area contributed by atoms with Crippen molar-refractivity contribution in [2.75, 3.05) is 11.1 Å². The third-order valence-electron chi connectivity index (χ3n) is 4.53. The molecule has 0 aliphatic rings. The van der Waals surface area contributed by atoms with E-state index in [1.165, 1.54) is 17.3 Å². The van der Waals surface area contributed by atoms with Crippen LogP contribution < -0.4 is 5.32 Å². The number of benzene rings is 1. The second-order valence-corrected chi connectivity index (χ2v) is 7.24. The van der Waals surface area contributed by atoms with Gasteiger partial charge in [-0.1, -0.05) is 30.0 Å². The van der Waals surface area contributed by atoms with Gasteiger partial charge in [-0.25, -0.2) is 0 Å². The zero-order valence-corrected chi connectivity index (χ0v) is 16.8. The smallest absolute Gasteiger partial charge is 0.234 e. The molecule has 0 aliphatic carbocycles. The van der Waals surface area contributed by atoms with Gasteiger partial charge in [-0.3, -0.25) is 9.78 Å². The maximum absolute atomic E-state index is 12.2. The van der Waals surface area contributed by atoms with Crippen LogP contribution in [0.5, 0.6) is 0 Å². The van der Waals surface area contributed by atoms with Gasteiger partial charge in [0.1, 0.15) is 5.69 Å². The predicted molar refractivity (Wildman–Crippen MR) is 109 cm³/mol. The predicted octanol–water partition coefficient (Wildman–Crippen LogP) is 4.02. The quantitative estimate of drug-likeness (QED) is 0.653. The molecular formula is C20H23N5OS. The number of nitrogens with one attached hydrogen (secondary N) is 1. The van der Waals surface area contributed by atoms with Crippen LogP contribution >= 0.6 is 11.8 Å². The number of anilines is 1. The van der Waals surface area contributed by atoms with Crippen molar-refractivity contribution >= 4 is 23.4 Å². The number of rotatable bonds is 6. The minimum absolute atomic E-state index is 0.0705. The van der Waals surface area contributed by atoms with Crippen LogP contribution in [0.4, 0.5) is 5.69 Å². The summed E-state index contributed by atoms with van der Waals surface area (Å²) in [6.45, 7) is 8.94. The second kappa shape index (κ2) is 8.35. The van der Waals surface area contributed by atoms with Crippen LogP contribution in [0.25, 0.3) is 11.5 Å². The highest BCUT2D eigenvalue weighted by Gasteiger charge is 2.18. The van der Waals surface area contributed by atoms with Gasteiger partial charge in [0, 0.05) is 18.4 Å². The van der Waals surface area contributed by atoms with E-state index in [0.717, 1.165) is 33.5 Å². The summed E-state index contributed by atoms with van der Waals surface area (Å²) in [5.74, 6) is 0.940. The fraction of sp³-hybridized carbons (Fsp3) is 0.300. The molecule has 0 spiro atoms. The van der Waals surface area contributed by atoms with Crippen LogP contribution in [0.15, 0.2) is 41.7 Å². The zero-order chi connectivity index (χ0) is 19.4. The number of para-hydroxylation sites is 1. The van der Waals surface area contributed by atoms with Gasteiger partial charge in [-0.2, -0.15) is 0 Å². The fourth-order valence-corrected chi connectivity index (χ4v) is 3.56. The molecule has 2 aromatic heterocycles. The maximum atomic E-state index is 12.2. The van der Waals surface area contributed by atoms with Crippen molar-refractivity contribution in [3.63, 3.8) is 0 Å². The summed E-state index contributed by atoms with van der Waals surface area (Å²) in [6.07, 6.45) is 1.87. The molecule has 0 atom stereocenters. The lowest BCUT2D eigenvalue weighted by atomic mass is 10.0. The van der Waals surface area contributed by atoms with E-state index in [9.17, 15) is 4.79 Å².